The monoisotopic (exact) mass is 332 g/mol. The van der Waals surface area contributed by atoms with Gasteiger partial charge in [-0.05, 0) is 49.9 Å². The van der Waals surface area contributed by atoms with Crippen LogP contribution in [0.15, 0.2) is 18.2 Å². The van der Waals surface area contributed by atoms with E-state index in [1.165, 1.54) is 0 Å². The number of fused-ring (bicyclic) bond motifs is 1. The number of piperidine rings is 1. The van der Waals surface area contributed by atoms with Gasteiger partial charge in [0.1, 0.15) is 13.2 Å². The molecule has 3 rings (SSSR count). The molecule has 2 aliphatic heterocycles. The molecule has 5 heteroatoms. The van der Waals surface area contributed by atoms with Crippen molar-refractivity contribution in [2.45, 2.75) is 45.7 Å². The highest BCUT2D eigenvalue weighted by Crippen LogP contribution is 2.34. The third-order valence-corrected chi connectivity index (χ3v) is 4.88. The summed E-state index contributed by atoms with van der Waals surface area (Å²) in [5.41, 5.74) is 1.07. The first-order valence-corrected chi connectivity index (χ1v) is 8.98. The SMILES string of the molecule is CC(C)C(NC(=O)[C@H]1CCN[C@@H](C)C1)c1ccc2c(c1)OCCO2. The molecule has 5 nitrogen and oxygen atoms in total. The summed E-state index contributed by atoms with van der Waals surface area (Å²) in [6.45, 7) is 8.47. The summed E-state index contributed by atoms with van der Waals surface area (Å²) in [6, 6.07) is 6.37. The maximum absolute atomic E-state index is 12.7. The second-order valence-corrected chi connectivity index (χ2v) is 7.21. The van der Waals surface area contributed by atoms with Crippen LogP contribution in [0.25, 0.3) is 0 Å². The molecule has 0 aromatic heterocycles. The molecule has 1 saturated heterocycles. The van der Waals surface area contributed by atoms with Gasteiger partial charge < -0.3 is 20.1 Å². The van der Waals surface area contributed by atoms with Crippen molar-refractivity contribution in [3.8, 4) is 11.5 Å². The van der Waals surface area contributed by atoms with Crippen LogP contribution in [0.1, 0.15) is 45.2 Å². The van der Waals surface area contributed by atoms with Gasteiger partial charge in [0.25, 0.3) is 0 Å². The predicted molar refractivity (Wildman–Crippen MR) is 93.3 cm³/mol. The third kappa shape index (κ3) is 3.83. The highest BCUT2D eigenvalue weighted by Gasteiger charge is 2.28. The minimum atomic E-state index is -0.0153. The topological polar surface area (TPSA) is 59.6 Å². The number of nitrogens with one attached hydrogen (secondary N) is 2. The quantitative estimate of drug-likeness (QED) is 0.890. The molecule has 132 valence electrons. The first-order valence-electron chi connectivity index (χ1n) is 8.98. The van der Waals surface area contributed by atoms with Crippen LogP contribution in [-0.4, -0.2) is 31.7 Å². The molecule has 1 aromatic rings. The summed E-state index contributed by atoms with van der Waals surface area (Å²) in [4.78, 5) is 12.7. The average Bonchev–Trinajstić information content (AvgIpc) is 2.58. The molecule has 2 heterocycles. The van der Waals surface area contributed by atoms with Gasteiger partial charge in [-0.15, -0.1) is 0 Å². The third-order valence-electron chi connectivity index (χ3n) is 4.88. The maximum atomic E-state index is 12.7. The fourth-order valence-electron chi connectivity index (χ4n) is 3.53. The molecular formula is C19H28N2O3. The summed E-state index contributed by atoms with van der Waals surface area (Å²) in [6.07, 6.45) is 1.81. The van der Waals surface area contributed by atoms with Crippen LogP contribution >= 0.6 is 0 Å². The van der Waals surface area contributed by atoms with Gasteiger partial charge in [-0.1, -0.05) is 19.9 Å². The first kappa shape index (κ1) is 17.1. The van der Waals surface area contributed by atoms with Gasteiger partial charge in [-0.25, -0.2) is 0 Å². The minimum Gasteiger partial charge on any atom is -0.486 e. The van der Waals surface area contributed by atoms with Crippen LogP contribution < -0.4 is 20.1 Å². The van der Waals surface area contributed by atoms with Crippen molar-refractivity contribution >= 4 is 5.91 Å². The van der Waals surface area contributed by atoms with E-state index in [1.54, 1.807) is 0 Å². The molecule has 0 bridgehead atoms. The van der Waals surface area contributed by atoms with E-state index in [1.807, 2.05) is 18.2 Å². The van der Waals surface area contributed by atoms with E-state index >= 15 is 0 Å². The summed E-state index contributed by atoms with van der Waals surface area (Å²) in [5, 5.41) is 6.67. The Bertz CT molecular complexity index is 588. The molecule has 1 unspecified atom stereocenters. The molecule has 1 amide bonds. The van der Waals surface area contributed by atoms with Gasteiger partial charge in [-0.3, -0.25) is 4.79 Å². The van der Waals surface area contributed by atoms with Gasteiger partial charge in [0.15, 0.2) is 11.5 Å². The number of benzene rings is 1. The molecule has 3 atom stereocenters. The highest BCUT2D eigenvalue weighted by molar-refractivity contribution is 5.79. The number of carbonyl (C=O) groups is 1. The molecule has 0 aliphatic carbocycles. The van der Waals surface area contributed by atoms with Crippen LogP contribution in [-0.2, 0) is 4.79 Å². The van der Waals surface area contributed by atoms with E-state index in [0.29, 0.717) is 25.2 Å². The molecule has 2 aliphatic rings. The number of rotatable bonds is 4. The van der Waals surface area contributed by atoms with E-state index < -0.39 is 0 Å². The van der Waals surface area contributed by atoms with E-state index in [-0.39, 0.29) is 17.9 Å². The highest BCUT2D eigenvalue weighted by atomic mass is 16.6. The zero-order valence-electron chi connectivity index (χ0n) is 14.8. The second-order valence-electron chi connectivity index (χ2n) is 7.21. The lowest BCUT2D eigenvalue weighted by atomic mass is 9.90. The molecule has 0 radical (unpaired) electrons. The Hall–Kier alpha value is -1.75. The fourth-order valence-corrected chi connectivity index (χ4v) is 3.53. The Morgan fingerprint density at radius 3 is 2.71 bits per heavy atom. The lowest BCUT2D eigenvalue weighted by Crippen LogP contribution is -2.44. The van der Waals surface area contributed by atoms with E-state index in [0.717, 1.165) is 36.4 Å². The predicted octanol–water partition coefficient (Wildman–Crippen LogP) is 2.66. The number of ether oxygens (including phenoxy) is 2. The minimum absolute atomic E-state index is 0.0153. The van der Waals surface area contributed by atoms with E-state index in [4.69, 9.17) is 9.47 Å². The molecule has 1 fully saturated rings. The first-order chi connectivity index (χ1) is 11.5. The van der Waals surface area contributed by atoms with Crippen molar-refractivity contribution < 1.29 is 14.3 Å². The Labute approximate surface area is 144 Å². The Balaban J connectivity index is 1.73. The van der Waals surface area contributed by atoms with Gasteiger partial charge in [0.05, 0.1) is 6.04 Å². The molecule has 24 heavy (non-hydrogen) atoms. The molecule has 0 saturated carbocycles. The van der Waals surface area contributed by atoms with E-state index in [9.17, 15) is 4.79 Å². The number of hydrogen-bond acceptors (Lipinski definition) is 4. The summed E-state index contributed by atoms with van der Waals surface area (Å²) in [7, 11) is 0. The van der Waals surface area contributed by atoms with Gasteiger partial charge in [0.2, 0.25) is 5.91 Å². The van der Waals surface area contributed by atoms with Gasteiger partial charge in [0, 0.05) is 12.0 Å². The molecule has 2 N–H and O–H groups in total. The molecule has 1 aromatic carbocycles. The van der Waals surface area contributed by atoms with Crippen molar-refractivity contribution in [3.05, 3.63) is 23.8 Å². The lowest BCUT2D eigenvalue weighted by molar-refractivity contribution is -0.127. The van der Waals surface area contributed by atoms with Gasteiger partial charge in [-0.2, -0.15) is 0 Å². The molecular weight excluding hydrogens is 304 g/mol. The zero-order chi connectivity index (χ0) is 17.1. The van der Waals surface area contributed by atoms with Crippen molar-refractivity contribution in [1.82, 2.24) is 10.6 Å². The second kappa shape index (κ2) is 7.43. The van der Waals surface area contributed by atoms with Crippen LogP contribution in [0.3, 0.4) is 0 Å². The van der Waals surface area contributed by atoms with Crippen LogP contribution in [0, 0.1) is 11.8 Å². The zero-order valence-corrected chi connectivity index (χ0v) is 14.8. The van der Waals surface area contributed by atoms with E-state index in [2.05, 4.69) is 31.4 Å². The fraction of sp³-hybridized carbons (Fsp3) is 0.632. The Kier molecular flexibility index (Phi) is 5.29. The summed E-state index contributed by atoms with van der Waals surface area (Å²) in [5.74, 6) is 2.12. The average molecular weight is 332 g/mol. The van der Waals surface area contributed by atoms with Crippen LogP contribution in [0.5, 0.6) is 11.5 Å². The Morgan fingerprint density at radius 1 is 1.25 bits per heavy atom. The van der Waals surface area contributed by atoms with Crippen LogP contribution in [0.4, 0.5) is 0 Å². The summed E-state index contributed by atoms with van der Waals surface area (Å²) < 4.78 is 11.3. The normalized spacial score (nSPS) is 24.5. The Morgan fingerprint density at radius 2 is 2.00 bits per heavy atom. The summed E-state index contributed by atoms with van der Waals surface area (Å²) >= 11 is 0. The van der Waals surface area contributed by atoms with Crippen molar-refractivity contribution in [1.29, 1.82) is 0 Å². The number of carbonyl (C=O) groups excluding carboxylic acids is 1. The van der Waals surface area contributed by atoms with Crippen LogP contribution in [0.2, 0.25) is 0 Å². The standard InChI is InChI=1S/C19H28N2O3/c1-12(2)18(21-19(22)15-6-7-20-13(3)10-15)14-4-5-16-17(11-14)24-9-8-23-16/h4-5,11-13,15,18,20H,6-10H2,1-3H3,(H,21,22)/t13-,15-,18?/m0/s1. The number of amides is 1. The molecule has 0 spiro atoms. The van der Waals surface area contributed by atoms with Crippen molar-refractivity contribution in [2.24, 2.45) is 11.8 Å². The number of hydrogen-bond donors (Lipinski definition) is 2. The largest absolute Gasteiger partial charge is 0.486 e. The smallest absolute Gasteiger partial charge is 0.223 e. The van der Waals surface area contributed by atoms with Crippen molar-refractivity contribution in [2.75, 3.05) is 19.8 Å². The lowest BCUT2D eigenvalue weighted by Gasteiger charge is -2.30. The van der Waals surface area contributed by atoms with Crippen molar-refractivity contribution in [3.63, 3.8) is 0 Å². The maximum Gasteiger partial charge on any atom is 0.223 e. The van der Waals surface area contributed by atoms with Gasteiger partial charge >= 0.3 is 0 Å².